The number of furan rings is 1. The molecule has 0 saturated heterocycles. The number of rotatable bonds is 5. The lowest BCUT2D eigenvalue weighted by Crippen LogP contribution is -2.37. The van der Waals surface area contributed by atoms with Gasteiger partial charge in [-0.1, -0.05) is 17.9 Å². The van der Waals surface area contributed by atoms with Crippen molar-refractivity contribution in [2.75, 3.05) is 19.6 Å². The summed E-state index contributed by atoms with van der Waals surface area (Å²) in [5, 5.41) is 6.11. The van der Waals surface area contributed by atoms with Gasteiger partial charge < -0.3 is 15.1 Å². The minimum atomic E-state index is -4.37. The van der Waals surface area contributed by atoms with E-state index < -0.39 is 11.7 Å². The lowest BCUT2D eigenvalue weighted by Gasteiger charge is -2.08. The molecule has 0 aliphatic heterocycles. The molecule has 0 aliphatic rings. The molecule has 1 heterocycles. The molecule has 0 atom stereocenters. The van der Waals surface area contributed by atoms with E-state index in [4.69, 9.17) is 4.42 Å². The molecule has 4 nitrogen and oxygen atoms in total. The van der Waals surface area contributed by atoms with Crippen LogP contribution in [0.15, 0.2) is 52.1 Å². The fourth-order valence-electron chi connectivity index (χ4n) is 2.12. The molecule has 27 heavy (non-hydrogen) atoms. The maximum Gasteiger partial charge on any atom is 0.416 e. The predicted octanol–water partition coefficient (Wildman–Crippen LogP) is 4.07. The van der Waals surface area contributed by atoms with Crippen molar-refractivity contribution in [2.24, 2.45) is 4.99 Å². The van der Waals surface area contributed by atoms with E-state index in [1.54, 1.807) is 12.3 Å². The normalized spacial score (nSPS) is 11.2. The number of aliphatic imine (C=N–C) groups is 1. The number of benzene rings is 1. The summed E-state index contributed by atoms with van der Waals surface area (Å²) in [5.74, 6) is 6.98. The van der Waals surface area contributed by atoms with E-state index in [0.29, 0.717) is 31.0 Å². The molecule has 0 bridgehead atoms. The zero-order valence-corrected chi connectivity index (χ0v) is 17.1. The highest BCUT2D eigenvalue weighted by molar-refractivity contribution is 14.0. The average molecular weight is 491 g/mol. The van der Waals surface area contributed by atoms with Gasteiger partial charge in [0, 0.05) is 25.1 Å². The minimum absolute atomic E-state index is 0. The third kappa shape index (κ3) is 8.39. The first kappa shape index (κ1) is 22.9. The highest BCUT2D eigenvalue weighted by atomic mass is 127. The Balaban J connectivity index is 0.00000364. The molecule has 2 aromatic rings. The van der Waals surface area contributed by atoms with Crippen LogP contribution in [0.5, 0.6) is 0 Å². The van der Waals surface area contributed by atoms with Crippen LogP contribution in [-0.2, 0) is 12.6 Å². The van der Waals surface area contributed by atoms with Crippen molar-refractivity contribution in [2.45, 2.75) is 19.5 Å². The molecule has 146 valence electrons. The van der Waals surface area contributed by atoms with Crippen LogP contribution in [0, 0.1) is 11.8 Å². The van der Waals surface area contributed by atoms with Gasteiger partial charge in [0.25, 0.3) is 0 Å². The molecule has 1 aromatic heterocycles. The molecular weight excluding hydrogens is 470 g/mol. The number of hydrogen-bond acceptors (Lipinski definition) is 2. The number of hydrogen-bond donors (Lipinski definition) is 2. The number of guanidine groups is 1. The topological polar surface area (TPSA) is 49.6 Å². The monoisotopic (exact) mass is 491 g/mol. The van der Waals surface area contributed by atoms with Gasteiger partial charge in [-0.05, 0) is 37.3 Å². The van der Waals surface area contributed by atoms with Crippen molar-refractivity contribution in [3.8, 4) is 11.8 Å². The van der Waals surface area contributed by atoms with Crippen molar-refractivity contribution in [1.29, 1.82) is 0 Å². The van der Waals surface area contributed by atoms with E-state index in [0.717, 1.165) is 17.9 Å². The van der Waals surface area contributed by atoms with Gasteiger partial charge in [0.05, 0.1) is 18.4 Å². The molecule has 0 saturated carbocycles. The van der Waals surface area contributed by atoms with Crippen molar-refractivity contribution >= 4 is 29.9 Å². The Morgan fingerprint density at radius 3 is 2.67 bits per heavy atom. The Morgan fingerprint density at radius 2 is 2.00 bits per heavy atom. The third-order valence-electron chi connectivity index (χ3n) is 3.32. The molecule has 1 aromatic carbocycles. The van der Waals surface area contributed by atoms with Crippen LogP contribution in [-0.4, -0.2) is 25.6 Å². The Hall–Kier alpha value is -2.15. The summed E-state index contributed by atoms with van der Waals surface area (Å²) in [6.07, 6.45) is -2.07. The second-order valence-corrected chi connectivity index (χ2v) is 5.32. The predicted molar refractivity (Wildman–Crippen MR) is 110 cm³/mol. The van der Waals surface area contributed by atoms with Gasteiger partial charge in [-0.15, -0.1) is 24.0 Å². The molecule has 0 amide bonds. The van der Waals surface area contributed by atoms with E-state index in [9.17, 15) is 13.2 Å². The summed E-state index contributed by atoms with van der Waals surface area (Å²) in [7, 11) is 0. The first-order valence-corrected chi connectivity index (χ1v) is 8.19. The fraction of sp³-hybridized carbons (Fsp3) is 0.316. The second-order valence-electron chi connectivity index (χ2n) is 5.32. The molecule has 2 rings (SSSR count). The Morgan fingerprint density at radius 1 is 1.19 bits per heavy atom. The quantitative estimate of drug-likeness (QED) is 0.287. The number of halogens is 4. The largest absolute Gasteiger partial charge is 0.469 e. The van der Waals surface area contributed by atoms with Crippen molar-refractivity contribution in [1.82, 2.24) is 10.6 Å². The van der Waals surface area contributed by atoms with Crippen LogP contribution >= 0.6 is 24.0 Å². The summed E-state index contributed by atoms with van der Waals surface area (Å²) in [4.78, 5) is 4.40. The summed E-state index contributed by atoms with van der Waals surface area (Å²) in [6.45, 7) is 3.44. The molecular formula is C19H21F3IN3O. The molecule has 8 heteroatoms. The first-order valence-electron chi connectivity index (χ1n) is 8.19. The van der Waals surface area contributed by atoms with E-state index in [1.165, 1.54) is 6.07 Å². The van der Waals surface area contributed by atoms with Gasteiger partial charge in [0.1, 0.15) is 5.76 Å². The molecule has 0 fully saturated rings. The molecule has 0 radical (unpaired) electrons. The summed E-state index contributed by atoms with van der Waals surface area (Å²) in [5.41, 5.74) is -0.383. The van der Waals surface area contributed by atoms with E-state index >= 15 is 0 Å². The van der Waals surface area contributed by atoms with E-state index in [1.807, 2.05) is 19.1 Å². The number of nitrogens with zero attached hydrogens (tertiary/aromatic N) is 1. The summed E-state index contributed by atoms with van der Waals surface area (Å²) >= 11 is 0. The highest BCUT2D eigenvalue weighted by Gasteiger charge is 2.30. The lowest BCUT2D eigenvalue weighted by atomic mass is 10.1. The number of nitrogens with one attached hydrogen (secondary N) is 2. The van der Waals surface area contributed by atoms with Crippen LogP contribution < -0.4 is 10.6 Å². The summed E-state index contributed by atoms with van der Waals surface area (Å²) < 4.78 is 43.3. The zero-order valence-electron chi connectivity index (χ0n) is 14.8. The van der Waals surface area contributed by atoms with Crippen LogP contribution in [0.25, 0.3) is 0 Å². The zero-order chi connectivity index (χ0) is 18.8. The molecule has 0 unspecified atom stereocenters. The minimum Gasteiger partial charge on any atom is -0.469 e. The highest BCUT2D eigenvalue weighted by Crippen LogP contribution is 2.29. The Bertz CT molecular complexity index is 777. The second kappa shape index (κ2) is 11.5. The number of alkyl halides is 3. The van der Waals surface area contributed by atoms with Crippen molar-refractivity contribution in [3.63, 3.8) is 0 Å². The van der Waals surface area contributed by atoms with Gasteiger partial charge in [-0.3, -0.25) is 4.99 Å². The van der Waals surface area contributed by atoms with Crippen LogP contribution in [0.1, 0.15) is 23.8 Å². The fourth-order valence-corrected chi connectivity index (χ4v) is 2.12. The van der Waals surface area contributed by atoms with E-state index in [2.05, 4.69) is 27.5 Å². The molecule has 0 spiro atoms. The smallest absolute Gasteiger partial charge is 0.416 e. The van der Waals surface area contributed by atoms with Crippen molar-refractivity contribution < 1.29 is 17.6 Å². The first-order chi connectivity index (χ1) is 12.5. The van der Waals surface area contributed by atoms with Gasteiger partial charge in [0.15, 0.2) is 5.96 Å². The van der Waals surface area contributed by atoms with Crippen molar-refractivity contribution in [3.05, 3.63) is 59.5 Å². The van der Waals surface area contributed by atoms with Gasteiger partial charge in [-0.25, -0.2) is 0 Å². The van der Waals surface area contributed by atoms with Gasteiger partial charge in [-0.2, -0.15) is 13.2 Å². The van der Waals surface area contributed by atoms with Gasteiger partial charge in [0.2, 0.25) is 0 Å². The van der Waals surface area contributed by atoms with Gasteiger partial charge >= 0.3 is 6.18 Å². The van der Waals surface area contributed by atoms with Crippen LogP contribution in [0.2, 0.25) is 0 Å². The molecule has 2 N–H and O–H groups in total. The maximum atomic E-state index is 12.7. The SMILES string of the molecule is CCNC(=NCCc1ccco1)NCC#Cc1cccc(C(F)(F)F)c1.I. The Kier molecular flexibility index (Phi) is 9.78. The lowest BCUT2D eigenvalue weighted by molar-refractivity contribution is -0.137. The third-order valence-corrected chi connectivity index (χ3v) is 3.32. The average Bonchev–Trinajstić information content (AvgIpc) is 3.11. The van der Waals surface area contributed by atoms with Crippen LogP contribution in [0.3, 0.4) is 0 Å². The maximum absolute atomic E-state index is 12.7. The summed E-state index contributed by atoms with van der Waals surface area (Å²) in [6, 6.07) is 8.67. The standard InChI is InChI=1S/C19H20F3N3O.HI/c1-2-23-18(25-12-10-17-9-5-13-26-17)24-11-4-7-15-6-3-8-16(14-15)19(20,21)22;/h3,5-6,8-9,13-14H,2,10-12H2,1H3,(H2,23,24,25);1H. The Labute approximate surface area is 173 Å². The van der Waals surface area contributed by atoms with Crippen LogP contribution in [0.4, 0.5) is 13.2 Å². The molecule has 0 aliphatic carbocycles. The van der Waals surface area contributed by atoms with E-state index in [-0.39, 0.29) is 30.5 Å².